The number of carbonyl (C=O) groups excluding carboxylic acids is 1. The summed E-state index contributed by atoms with van der Waals surface area (Å²) >= 11 is 1.34. The summed E-state index contributed by atoms with van der Waals surface area (Å²) in [6.45, 7) is 2.18. The van der Waals surface area contributed by atoms with Gasteiger partial charge in [-0.1, -0.05) is 41.7 Å². The van der Waals surface area contributed by atoms with Gasteiger partial charge in [-0.05, 0) is 6.92 Å². The molecule has 2 aromatic heterocycles. The first kappa shape index (κ1) is 14.7. The quantitative estimate of drug-likeness (QED) is 0.673. The Bertz CT molecular complexity index is 690. The fourth-order valence-corrected chi connectivity index (χ4v) is 2.70. The van der Waals surface area contributed by atoms with Crippen LogP contribution in [0, 0.1) is 0 Å². The summed E-state index contributed by atoms with van der Waals surface area (Å²) in [6, 6.07) is 9.96. The SMILES string of the molecule is Br.CCOC(=O)c1cn2cc(-c3ccccc3)nc2s1. The van der Waals surface area contributed by atoms with Gasteiger partial charge in [0.1, 0.15) is 4.88 Å². The van der Waals surface area contributed by atoms with Gasteiger partial charge in [0.15, 0.2) is 4.96 Å². The first-order valence-electron chi connectivity index (χ1n) is 5.99. The fourth-order valence-electron chi connectivity index (χ4n) is 1.84. The van der Waals surface area contributed by atoms with Gasteiger partial charge in [0, 0.05) is 18.0 Å². The number of imidazole rings is 1. The van der Waals surface area contributed by atoms with Crippen molar-refractivity contribution >= 4 is 39.2 Å². The lowest BCUT2D eigenvalue weighted by atomic mass is 10.2. The van der Waals surface area contributed by atoms with E-state index in [0.29, 0.717) is 11.5 Å². The summed E-state index contributed by atoms with van der Waals surface area (Å²) < 4.78 is 6.83. The summed E-state index contributed by atoms with van der Waals surface area (Å²) in [5.74, 6) is -0.292. The number of esters is 1. The molecular formula is C14H13BrN2O2S. The monoisotopic (exact) mass is 352 g/mol. The van der Waals surface area contributed by atoms with Crippen molar-refractivity contribution in [1.82, 2.24) is 9.38 Å². The average molecular weight is 353 g/mol. The second-order valence-corrected chi connectivity index (χ2v) is 5.01. The normalized spacial score (nSPS) is 10.2. The van der Waals surface area contributed by atoms with Crippen LogP contribution in [0.15, 0.2) is 42.7 Å². The Morgan fingerprint density at radius 2 is 2.05 bits per heavy atom. The van der Waals surface area contributed by atoms with Crippen LogP contribution in [0.25, 0.3) is 16.2 Å². The Morgan fingerprint density at radius 1 is 1.30 bits per heavy atom. The number of halogens is 1. The van der Waals surface area contributed by atoms with Crippen molar-refractivity contribution in [1.29, 1.82) is 0 Å². The van der Waals surface area contributed by atoms with E-state index in [9.17, 15) is 4.79 Å². The molecule has 104 valence electrons. The largest absolute Gasteiger partial charge is 0.462 e. The first-order chi connectivity index (χ1) is 9.28. The summed E-state index contributed by atoms with van der Waals surface area (Å²) in [5, 5.41) is 0. The number of hydrogen-bond acceptors (Lipinski definition) is 4. The minimum absolute atomic E-state index is 0. The molecule has 2 heterocycles. The Balaban J connectivity index is 0.00000147. The molecule has 20 heavy (non-hydrogen) atoms. The molecule has 6 heteroatoms. The van der Waals surface area contributed by atoms with Crippen molar-refractivity contribution in [2.45, 2.75) is 6.92 Å². The van der Waals surface area contributed by atoms with Crippen molar-refractivity contribution in [3.05, 3.63) is 47.6 Å². The van der Waals surface area contributed by atoms with Crippen molar-refractivity contribution in [3.63, 3.8) is 0 Å². The van der Waals surface area contributed by atoms with E-state index in [1.54, 1.807) is 13.1 Å². The number of benzene rings is 1. The summed E-state index contributed by atoms with van der Waals surface area (Å²) in [6.07, 6.45) is 3.68. The molecule has 0 atom stereocenters. The van der Waals surface area contributed by atoms with Gasteiger partial charge in [0.25, 0.3) is 0 Å². The van der Waals surface area contributed by atoms with Crippen LogP contribution in [0.4, 0.5) is 0 Å². The molecule has 1 aromatic carbocycles. The second kappa shape index (κ2) is 6.19. The van der Waals surface area contributed by atoms with Gasteiger partial charge in [-0.3, -0.25) is 4.40 Å². The van der Waals surface area contributed by atoms with Gasteiger partial charge in [-0.2, -0.15) is 0 Å². The smallest absolute Gasteiger partial charge is 0.349 e. The van der Waals surface area contributed by atoms with E-state index in [1.807, 2.05) is 40.9 Å². The van der Waals surface area contributed by atoms with Crippen LogP contribution in [-0.2, 0) is 4.74 Å². The number of aromatic nitrogens is 2. The van der Waals surface area contributed by atoms with E-state index in [2.05, 4.69) is 4.98 Å². The molecular weight excluding hydrogens is 340 g/mol. The maximum absolute atomic E-state index is 11.6. The predicted molar refractivity (Wildman–Crippen MR) is 84.8 cm³/mol. The third-order valence-corrected chi connectivity index (χ3v) is 3.68. The number of nitrogens with zero attached hydrogens (tertiary/aromatic N) is 2. The number of thiazole rings is 1. The number of hydrogen-bond donors (Lipinski definition) is 0. The number of fused-ring (bicyclic) bond motifs is 1. The highest BCUT2D eigenvalue weighted by molar-refractivity contribution is 8.93. The van der Waals surface area contributed by atoms with Gasteiger partial charge in [0.05, 0.1) is 12.3 Å². The van der Waals surface area contributed by atoms with E-state index in [1.165, 1.54) is 11.3 Å². The zero-order valence-electron chi connectivity index (χ0n) is 10.8. The molecule has 0 radical (unpaired) electrons. The van der Waals surface area contributed by atoms with E-state index >= 15 is 0 Å². The highest BCUT2D eigenvalue weighted by atomic mass is 79.9. The van der Waals surface area contributed by atoms with Crippen LogP contribution in [0.3, 0.4) is 0 Å². The molecule has 0 saturated heterocycles. The minimum atomic E-state index is -0.292. The molecule has 0 unspecified atom stereocenters. The Labute approximate surface area is 130 Å². The molecule has 0 spiro atoms. The van der Waals surface area contributed by atoms with Crippen molar-refractivity contribution in [2.75, 3.05) is 6.61 Å². The summed E-state index contributed by atoms with van der Waals surface area (Å²) in [5.41, 5.74) is 1.97. The minimum Gasteiger partial charge on any atom is -0.462 e. The Morgan fingerprint density at radius 3 is 2.70 bits per heavy atom. The summed E-state index contributed by atoms with van der Waals surface area (Å²) in [4.78, 5) is 17.5. The van der Waals surface area contributed by atoms with Gasteiger partial charge < -0.3 is 4.74 Å². The lowest BCUT2D eigenvalue weighted by Crippen LogP contribution is -2.01. The second-order valence-electron chi connectivity index (χ2n) is 4.00. The fraction of sp³-hybridized carbons (Fsp3) is 0.143. The lowest BCUT2D eigenvalue weighted by Gasteiger charge is -1.96. The summed E-state index contributed by atoms with van der Waals surface area (Å²) in [7, 11) is 0. The highest BCUT2D eigenvalue weighted by Gasteiger charge is 2.13. The molecule has 0 N–H and O–H groups in total. The lowest BCUT2D eigenvalue weighted by molar-refractivity contribution is 0.0531. The van der Waals surface area contributed by atoms with Crippen LogP contribution >= 0.6 is 28.3 Å². The van der Waals surface area contributed by atoms with E-state index in [-0.39, 0.29) is 23.0 Å². The standard InChI is InChI=1S/C14H12N2O2S.BrH/c1-2-18-13(17)12-9-16-8-11(15-14(16)19-12)10-6-4-3-5-7-10;/h3-9H,2H2,1H3;1H. The van der Waals surface area contributed by atoms with Gasteiger partial charge in [-0.15, -0.1) is 17.0 Å². The number of ether oxygens (including phenoxy) is 1. The highest BCUT2D eigenvalue weighted by Crippen LogP contribution is 2.24. The van der Waals surface area contributed by atoms with Crippen LogP contribution in [-0.4, -0.2) is 22.0 Å². The molecule has 0 aliphatic rings. The maximum atomic E-state index is 11.6. The van der Waals surface area contributed by atoms with Gasteiger partial charge >= 0.3 is 5.97 Å². The molecule has 0 bridgehead atoms. The van der Waals surface area contributed by atoms with Crippen molar-refractivity contribution < 1.29 is 9.53 Å². The number of rotatable bonds is 3. The zero-order chi connectivity index (χ0) is 13.2. The van der Waals surface area contributed by atoms with Gasteiger partial charge in [-0.25, -0.2) is 9.78 Å². The first-order valence-corrected chi connectivity index (χ1v) is 6.80. The molecule has 3 aromatic rings. The molecule has 4 nitrogen and oxygen atoms in total. The van der Waals surface area contributed by atoms with Crippen LogP contribution in [0.5, 0.6) is 0 Å². The molecule has 3 rings (SSSR count). The van der Waals surface area contributed by atoms with E-state index in [4.69, 9.17) is 4.74 Å². The molecule has 0 aliphatic heterocycles. The maximum Gasteiger partial charge on any atom is 0.349 e. The van der Waals surface area contributed by atoms with E-state index < -0.39 is 0 Å². The third kappa shape index (κ3) is 2.76. The predicted octanol–water partition coefficient (Wildman–Crippen LogP) is 3.82. The van der Waals surface area contributed by atoms with Gasteiger partial charge in [0.2, 0.25) is 0 Å². The molecule has 0 aliphatic carbocycles. The van der Waals surface area contributed by atoms with Crippen LogP contribution < -0.4 is 0 Å². The van der Waals surface area contributed by atoms with Crippen molar-refractivity contribution in [2.24, 2.45) is 0 Å². The third-order valence-electron chi connectivity index (χ3n) is 2.70. The molecule has 0 saturated carbocycles. The number of carbonyl (C=O) groups is 1. The van der Waals surface area contributed by atoms with E-state index in [0.717, 1.165) is 16.2 Å². The zero-order valence-corrected chi connectivity index (χ0v) is 13.3. The van der Waals surface area contributed by atoms with Crippen LogP contribution in [0.1, 0.15) is 16.6 Å². The molecule has 0 fully saturated rings. The molecule has 0 amide bonds. The Kier molecular flexibility index (Phi) is 4.57. The average Bonchev–Trinajstić information content (AvgIpc) is 2.98. The van der Waals surface area contributed by atoms with Crippen LogP contribution in [0.2, 0.25) is 0 Å². The Hall–Kier alpha value is -1.66. The van der Waals surface area contributed by atoms with Crippen molar-refractivity contribution in [3.8, 4) is 11.3 Å². The topological polar surface area (TPSA) is 43.6 Å².